The Balaban J connectivity index is 1.75. The van der Waals surface area contributed by atoms with Gasteiger partial charge in [0.05, 0.1) is 23.7 Å². The van der Waals surface area contributed by atoms with E-state index in [0.29, 0.717) is 13.1 Å². The topological polar surface area (TPSA) is 64.4 Å². The van der Waals surface area contributed by atoms with Crippen molar-refractivity contribution in [2.45, 2.75) is 57.0 Å². The Morgan fingerprint density at radius 2 is 2.04 bits per heavy atom. The summed E-state index contributed by atoms with van der Waals surface area (Å²) in [6.07, 6.45) is 6.19. The number of aromatic nitrogens is 2. The summed E-state index contributed by atoms with van der Waals surface area (Å²) in [4.78, 5) is 6.49. The van der Waals surface area contributed by atoms with Gasteiger partial charge in [0.2, 0.25) is 15.0 Å². The molecule has 1 aromatic carbocycles. The quantitative estimate of drug-likeness (QED) is 0.642. The van der Waals surface area contributed by atoms with Crippen molar-refractivity contribution in [1.82, 2.24) is 14.5 Å². The van der Waals surface area contributed by atoms with Gasteiger partial charge in [-0.15, -0.1) is 0 Å². The molecule has 7 heteroatoms. The highest BCUT2D eigenvalue weighted by Gasteiger charge is 2.23. The van der Waals surface area contributed by atoms with E-state index >= 15 is 0 Å². The Bertz CT molecular complexity index is 843. The minimum Gasteiger partial charge on any atom is -0.377 e. The van der Waals surface area contributed by atoms with Gasteiger partial charge in [-0.2, -0.15) is 0 Å². The summed E-state index contributed by atoms with van der Waals surface area (Å²) in [6.45, 7) is 4.60. The van der Waals surface area contributed by atoms with Crippen molar-refractivity contribution in [3.63, 3.8) is 0 Å². The summed E-state index contributed by atoms with van der Waals surface area (Å²) in [5, 5.41) is 0.184. The lowest BCUT2D eigenvalue weighted by Crippen LogP contribution is -2.33. The van der Waals surface area contributed by atoms with Crippen LogP contribution in [-0.4, -0.2) is 54.9 Å². The molecular formula is C21H31N3O3S. The Morgan fingerprint density at radius 1 is 1.25 bits per heavy atom. The second-order valence-corrected chi connectivity index (χ2v) is 9.68. The maximum Gasteiger partial charge on any atom is 0.227 e. The average molecular weight is 406 g/mol. The van der Waals surface area contributed by atoms with E-state index in [4.69, 9.17) is 4.74 Å². The van der Waals surface area contributed by atoms with E-state index in [9.17, 15) is 8.42 Å². The third kappa shape index (κ3) is 5.43. The molecule has 154 valence electrons. The number of benzene rings is 1. The van der Waals surface area contributed by atoms with Crippen LogP contribution in [0.15, 0.2) is 41.7 Å². The SMILES string of the molecule is CCS(=O)(=O)c1ncc(CN(C)CC2CCCCO2)n1CCc1ccccc1. The first-order chi connectivity index (χ1) is 13.5. The highest BCUT2D eigenvalue weighted by atomic mass is 32.2. The van der Waals surface area contributed by atoms with E-state index in [0.717, 1.165) is 38.1 Å². The molecule has 1 unspecified atom stereocenters. The molecule has 6 nitrogen and oxygen atoms in total. The van der Waals surface area contributed by atoms with Crippen LogP contribution >= 0.6 is 0 Å². The maximum atomic E-state index is 12.5. The number of aryl methyl sites for hydroxylation is 1. The lowest BCUT2D eigenvalue weighted by molar-refractivity contribution is -0.00290. The van der Waals surface area contributed by atoms with Crippen LogP contribution in [-0.2, 0) is 34.1 Å². The second-order valence-electron chi connectivity index (χ2n) is 7.51. The zero-order valence-electron chi connectivity index (χ0n) is 16.9. The first-order valence-electron chi connectivity index (χ1n) is 10.1. The van der Waals surface area contributed by atoms with Crippen LogP contribution in [0.4, 0.5) is 0 Å². The summed E-state index contributed by atoms with van der Waals surface area (Å²) in [7, 11) is -1.31. The van der Waals surface area contributed by atoms with Gasteiger partial charge in [0.1, 0.15) is 0 Å². The number of rotatable bonds is 9. The molecule has 1 aliphatic heterocycles. The van der Waals surface area contributed by atoms with Gasteiger partial charge in [-0.05, 0) is 38.3 Å². The molecule has 1 aromatic heterocycles. The van der Waals surface area contributed by atoms with E-state index in [2.05, 4.69) is 29.1 Å². The number of likely N-dealkylation sites (N-methyl/N-ethyl adjacent to an activating group) is 1. The molecular weight excluding hydrogens is 374 g/mol. The van der Waals surface area contributed by atoms with Gasteiger partial charge in [0, 0.05) is 26.2 Å². The van der Waals surface area contributed by atoms with Gasteiger partial charge >= 0.3 is 0 Å². The standard InChI is InChI=1S/C21H31N3O3S/c1-3-28(25,26)21-22-15-19(16-23(2)17-20-11-7-8-14-27-20)24(21)13-12-18-9-5-4-6-10-18/h4-6,9-10,15,20H,3,7-8,11-14,16-17H2,1-2H3. The van der Waals surface area contributed by atoms with Crippen LogP contribution < -0.4 is 0 Å². The second kappa shape index (κ2) is 9.67. The van der Waals surface area contributed by atoms with E-state index in [1.54, 1.807) is 13.1 Å². The first kappa shape index (κ1) is 21.0. The van der Waals surface area contributed by atoms with E-state index in [1.807, 2.05) is 22.8 Å². The largest absolute Gasteiger partial charge is 0.377 e. The molecule has 0 radical (unpaired) electrons. The van der Waals surface area contributed by atoms with Crippen molar-refractivity contribution < 1.29 is 13.2 Å². The number of ether oxygens (including phenoxy) is 1. The van der Waals surface area contributed by atoms with Crippen LogP contribution in [0.2, 0.25) is 0 Å². The minimum atomic E-state index is -3.37. The summed E-state index contributed by atoms with van der Waals surface area (Å²) in [5.74, 6) is 0.0561. The number of hydrogen-bond acceptors (Lipinski definition) is 5. The average Bonchev–Trinajstić information content (AvgIpc) is 3.11. The minimum absolute atomic E-state index is 0.0561. The molecule has 2 aromatic rings. The molecule has 0 N–H and O–H groups in total. The fraction of sp³-hybridized carbons (Fsp3) is 0.571. The van der Waals surface area contributed by atoms with Crippen LogP contribution in [0.25, 0.3) is 0 Å². The van der Waals surface area contributed by atoms with Crippen molar-refractivity contribution in [3.05, 3.63) is 47.8 Å². The number of imidazole rings is 1. The zero-order valence-corrected chi connectivity index (χ0v) is 17.7. The Morgan fingerprint density at radius 3 is 2.71 bits per heavy atom. The third-order valence-corrected chi connectivity index (χ3v) is 6.89. The van der Waals surface area contributed by atoms with Gasteiger partial charge in [0.15, 0.2) is 0 Å². The van der Waals surface area contributed by atoms with Gasteiger partial charge in [0.25, 0.3) is 0 Å². The fourth-order valence-electron chi connectivity index (χ4n) is 3.66. The summed E-state index contributed by atoms with van der Waals surface area (Å²) in [6, 6.07) is 10.1. The molecule has 0 saturated carbocycles. The van der Waals surface area contributed by atoms with Crippen LogP contribution in [0.5, 0.6) is 0 Å². The van der Waals surface area contributed by atoms with E-state index < -0.39 is 9.84 Å². The highest BCUT2D eigenvalue weighted by Crippen LogP contribution is 2.18. The summed E-state index contributed by atoms with van der Waals surface area (Å²) < 4.78 is 32.8. The Hall–Kier alpha value is -1.70. The Labute approximate surface area is 168 Å². The van der Waals surface area contributed by atoms with Gasteiger partial charge in [-0.3, -0.25) is 4.90 Å². The van der Waals surface area contributed by atoms with Crippen molar-refractivity contribution in [1.29, 1.82) is 0 Å². The first-order valence-corrected chi connectivity index (χ1v) is 11.8. The molecule has 2 heterocycles. The fourth-order valence-corrected chi connectivity index (χ4v) is 4.68. The van der Waals surface area contributed by atoms with Gasteiger partial charge in [-0.1, -0.05) is 37.3 Å². The summed E-state index contributed by atoms with van der Waals surface area (Å²) >= 11 is 0. The zero-order chi connectivity index (χ0) is 20.0. The Kier molecular flexibility index (Phi) is 7.26. The molecule has 1 aliphatic rings. The summed E-state index contributed by atoms with van der Waals surface area (Å²) in [5.41, 5.74) is 2.12. The van der Waals surface area contributed by atoms with Crippen LogP contribution in [0.3, 0.4) is 0 Å². The molecule has 3 rings (SSSR count). The normalized spacial score (nSPS) is 17.9. The lowest BCUT2D eigenvalue weighted by Gasteiger charge is -2.27. The van der Waals surface area contributed by atoms with Crippen molar-refractivity contribution in [2.24, 2.45) is 0 Å². The number of hydrogen-bond donors (Lipinski definition) is 0. The monoisotopic (exact) mass is 405 g/mol. The molecule has 0 amide bonds. The van der Waals surface area contributed by atoms with Crippen LogP contribution in [0, 0.1) is 0 Å². The lowest BCUT2D eigenvalue weighted by atomic mass is 10.1. The molecule has 1 fully saturated rings. The number of sulfone groups is 1. The van der Waals surface area contributed by atoms with E-state index in [1.165, 1.54) is 12.0 Å². The predicted molar refractivity (Wildman–Crippen MR) is 110 cm³/mol. The van der Waals surface area contributed by atoms with Crippen molar-refractivity contribution >= 4 is 9.84 Å². The predicted octanol–water partition coefficient (Wildman–Crippen LogP) is 2.92. The molecule has 28 heavy (non-hydrogen) atoms. The van der Waals surface area contributed by atoms with Gasteiger partial charge < -0.3 is 9.30 Å². The maximum absolute atomic E-state index is 12.5. The van der Waals surface area contributed by atoms with Crippen LogP contribution in [0.1, 0.15) is 37.4 Å². The number of nitrogens with zero attached hydrogens (tertiary/aromatic N) is 3. The third-order valence-electron chi connectivity index (χ3n) is 5.25. The molecule has 1 saturated heterocycles. The molecule has 0 bridgehead atoms. The molecule has 1 atom stereocenters. The van der Waals surface area contributed by atoms with Crippen molar-refractivity contribution in [3.8, 4) is 0 Å². The van der Waals surface area contributed by atoms with Gasteiger partial charge in [-0.25, -0.2) is 13.4 Å². The molecule has 0 aliphatic carbocycles. The smallest absolute Gasteiger partial charge is 0.227 e. The van der Waals surface area contributed by atoms with Crippen molar-refractivity contribution in [2.75, 3.05) is 26.0 Å². The highest BCUT2D eigenvalue weighted by molar-refractivity contribution is 7.91. The van der Waals surface area contributed by atoms with E-state index in [-0.39, 0.29) is 17.0 Å². The molecule has 0 spiro atoms.